The van der Waals surface area contributed by atoms with Crippen molar-refractivity contribution in [2.45, 2.75) is 38.1 Å². The van der Waals surface area contributed by atoms with Gasteiger partial charge in [0.2, 0.25) is 6.08 Å². The lowest BCUT2D eigenvalue weighted by Gasteiger charge is -2.25. The Morgan fingerprint density at radius 2 is 2.11 bits per heavy atom. The topological polar surface area (TPSA) is 58.9 Å². The van der Waals surface area contributed by atoms with Crippen molar-refractivity contribution >= 4 is 22.0 Å². The van der Waals surface area contributed by atoms with E-state index in [4.69, 9.17) is 4.74 Å². The molecule has 0 atom stereocenters. The third kappa shape index (κ3) is 2.28. The molecule has 102 valence electrons. The van der Waals surface area contributed by atoms with Gasteiger partial charge in [0.1, 0.15) is 5.54 Å². The predicted octanol–water partition coefficient (Wildman–Crippen LogP) is 3.58. The molecule has 0 amide bonds. The first-order valence-electron chi connectivity index (χ1n) is 6.21. The van der Waals surface area contributed by atoms with Gasteiger partial charge in [-0.3, -0.25) is 0 Å². The number of phenolic OH excluding ortho intramolecular Hbond substituents is 1. The van der Waals surface area contributed by atoms with Crippen LogP contribution in [0.5, 0.6) is 11.5 Å². The lowest BCUT2D eigenvalue weighted by atomic mass is 9.87. The van der Waals surface area contributed by atoms with Crippen LogP contribution in [0.3, 0.4) is 0 Å². The van der Waals surface area contributed by atoms with E-state index in [1.54, 1.807) is 6.08 Å². The van der Waals surface area contributed by atoms with Crippen molar-refractivity contribution in [1.29, 1.82) is 0 Å². The molecule has 0 aromatic heterocycles. The van der Waals surface area contributed by atoms with Gasteiger partial charge in [0.15, 0.2) is 11.5 Å². The summed E-state index contributed by atoms with van der Waals surface area (Å²) in [6.45, 7) is 1.86. The van der Waals surface area contributed by atoms with Gasteiger partial charge in [-0.25, -0.2) is 4.79 Å². The fraction of sp³-hybridized carbons (Fsp3) is 0.500. The molecule has 4 nitrogen and oxygen atoms in total. The van der Waals surface area contributed by atoms with Crippen LogP contribution in [-0.2, 0) is 10.3 Å². The van der Waals surface area contributed by atoms with Gasteiger partial charge >= 0.3 is 0 Å². The van der Waals surface area contributed by atoms with Gasteiger partial charge in [-0.1, -0.05) is 28.8 Å². The molecule has 1 N–H and O–H groups in total. The summed E-state index contributed by atoms with van der Waals surface area (Å²) in [6, 6.07) is 1.83. The Bertz CT molecular complexity index is 544. The third-order valence-electron chi connectivity index (χ3n) is 3.84. The van der Waals surface area contributed by atoms with Gasteiger partial charge in [-0.15, -0.1) is 0 Å². The van der Waals surface area contributed by atoms with Crippen molar-refractivity contribution in [2.75, 3.05) is 7.11 Å². The number of aromatic hydroxyl groups is 1. The number of methoxy groups -OCH3 is 1. The summed E-state index contributed by atoms with van der Waals surface area (Å²) in [5, 5.41) is 10.4. The van der Waals surface area contributed by atoms with Gasteiger partial charge in [0.25, 0.3) is 0 Å². The molecule has 1 fully saturated rings. The van der Waals surface area contributed by atoms with Crippen LogP contribution in [0.4, 0.5) is 0 Å². The number of hydrogen-bond acceptors (Lipinski definition) is 4. The van der Waals surface area contributed by atoms with Crippen LogP contribution in [0, 0.1) is 6.92 Å². The Kier molecular flexibility index (Phi) is 3.97. The lowest BCUT2D eigenvalue weighted by Crippen LogP contribution is -2.19. The first kappa shape index (κ1) is 14.1. The Balaban J connectivity index is 2.67. The van der Waals surface area contributed by atoms with Crippen LogP contribution in [0.25, 0.3) is 0 Å². The summed E-state index contributed by atoms with van der Waals surface area (Å²) in [5.74, 6) is 0.501. The Hall–Kier alpha value is -1.32. The minimum Gasteiger partial charge on any atom is -0.504 e. The molecule has 2 rings (SSSR count). The summed E-state index contributed by atoms with van der Waals surface area (Å²) < 4.78 is 6.10. The highest BCUT2D eigenvalue weighted by molar-refractivity contribution is 9.10. The van der Waals surface area contributed by atoms with Crippen molar-refractivity contribution in [1.82, 2.24) is 0 Å². The average molecular weight is 326 g/mol. The zero-order valence-electron chi connectivity index (χ0n) is 11.0. The third-order valence-corrected chi connectivity index (χ3v) is 4.66. The van der Waals surface area contributed by atoms with Gasteiger partial charge in [-0.05, 0) is 25.8 Å². The zero-order valence-corrected chi connectivity index (χ0v) is 12.6. The highest BCUT2D eigenvalue weighted by Crippen LogP contribution is 2.50. The SMILES string of the molecule is COc1c(C)c(Br)cc(C2(N=C=O)CCCC2)c1O. The molecule has 1 aromatic carbocycles. The minimum atomic E-state index is -0.657. The fourth-order valence-electron chi connectivity index (χ4n) is 2.80. The predicted molar refractivity (Wildman–Crippen MR) is 75.4 cm³/mol. The van der Waals surface area contributed by atoms with Crippen LogP contribution in [0.1, 0.15) is 36.8 Å². The first-order chi connectivity index (χ1) is 9.05. The maximum atomic E-state index is 10.7. The molecular formula is C14H16BrNO3. The maximum absolute atomic E-state index is 10.7. The van der Waals surface area contributed by atoms with E-state index in [1.165, 1.54) is 7.11 Å². The van der Waals surface area contributed by atoms with Crippen molar-refractivity contribution < 1.29 is 14.6 Å². The highest BCUT2D eigenvalue weighted by atomic mass is 79.9. The summed E-state index contributed by atoms with van der Waals surface area (Å²) >= 11 is 3.46. The van der Waals surface area contributed by atoms with Crippen molar-refractivity contribution in [3.05, 3.63) is 21.7 Å². The summed E-state index contributed by atoms with van der Waals surface area (Å²) in [6.07, 6.45) is 5.11. The number of halogens is 1. The number of hydrogen-bond donors (Lipinski definition) is 1. The molecule has 5 heteroatoms. The summed E-state index contributed by atoms with van der Waals surface area (Å²) in [4.78, 5) is 14.7. The number of benzene rings is 1. The van der Waals surface area contributed by atoms with E-state index in [1.807, 2.05) is 13.0 Å². The smallest absolute Gasteiger partial charge is 0.235 e. The fourth-order valence-corrected chi connectivity index (χ4v) is 3.21. The summed E-state index contributed by atoms with van der Waals surface area (Å²) in [7, 11) is 1.52. The molecule has 1 aliphatic carbocycles. The van der Waals surface area contributed by atoms with E-state index in [9.17, 15) is 9.90 Å². The number of rotatable bonds is 3. The van der Waals surface area contributed by atoms with Crippen LogP contribution >= 0.6 is 15.9 Å². The molecule has 0 spiro atoms. The molecule has 1 aliphatic rings. The number of phenols is 1. The molecule has 0 bridgehead atoms. The summed E-state index contributed by atoms with van der Waals surface area (Å²) in [5.41, 5.74) is 0.810. The van der Waals surface area contributed by atoms with Crippen LogP contribution in [0.15, 0.2) is 15.5 Å². The van der Waals surface area contributed by atoms with Crippen molar-refractivity contribution in [2.24, 2.45) is 4.99 Å². The molecule has 0 unspecified atom stereocenters. The normalized spacial score (nSPS) is 17.0. The molecule has 0 saturated heterocycles. The van der Waals surface area contributed by atoms with Crippen LogP contribution < -0.4 is 4.74 Å². The Morgan fingerprint density at radius 1 is 1.47 bits per heavy atom. The molecule has 1 saturated carbocycles. The lowest BCUT2D eigenvalue weighted by molar-refractivity contribution is 0.353. The highest BCUT2D eigenvalue weighted by Gasteiger charge is 2.39. The standard InChI is InChI=1S/C14H16BrNO3/c1-9-11(15)7-10(12(18)13(9)19-2)14(16-8-17)5-3-4-6-14/h7,18H,3-6H2,1-2H3. The number of nitrogens with zero attached hydrogens (tertiary/aromatic N) is 1. The average Bonchev–Trinajstić information content (AvgIpc) is 2.84. The number of aliphatic imine (C=N–C) groups is 1. The molecule has 0 aliphatic heterocycles. The Labute approximate surface area is 120 Å². The molecule has 1 aromatic rings. The van der Waals surface area contributed by atoms with Gasteiger partial charge < -0.3 is 9.84 Å². The zero-order chi connectivity index (χ0) is 14.0. The van der Waals surface area contributed by atoms with E-state index in [2.05, 4.69) is 20.9 Å². The minimum absolute atomic E-state index is 0.0732. The largest absolute Gasteiger partial charge is 0.504 e. The quantitative estimate of drug-likeness (QED) is 0.682. The molecule has 0 heterocycles. The van der Waals surface area contributed by atoms with Crippen molar-refractivity contribution in [3.63, 3.8) is 0 Å². The van der Waals surface area contributed by atoms with Gasteiger partial charge in [0.05, 0.1) is 7.11 Å². The molecular weight excluding hydrogens is 310 g/mol. The molecule has 0 radical (unpaired) electrons. The number of ether oxygens (including phenoxy) is 1. The van der Waals surface area contributed by atoms with E-state index in [-0.39, 0.29) is 5.75 Å². The number of carbonyl (C=O) groups excluding carboxylic acids is 1. The van der Waals surface area contributed by atoms with E-state index in [0.717, 1.165) is 35.7 Å². The second-order valence-electron chi connectivity index (χ2n) is 4.85. The molecule has 19 heavy (non-hydrogen) atoms. The van der Waals surface area contributed by atoms with Gasteiger partial charge in [0, 0.05) is 15.6 Å². The van der Waals surface area contributed by atoms with E-state index < -0.39 is 5.54 Å². The monoisotopic (exact) mass is 325 g/mol. The van der Waals surface area contributed by atoms with Gasteiger partial charge in [-0.2, -0.15) is 4.99 Å². The van der Waals surface area contributed by atoms with Crippen LogP contribution in [0.2, 0.25) is 0 Å². The first-order valence-corrected chi connectivity index (χ1v) is 7.00. The second-order valence-corrected chi connectivity index (χ2v) is 5.71. The van der Waals surface area contributed by atoms with Crippen LogP contribution in [-0.4, -0.2) is 18.3 Å². The number of isocyanates is 1. The van der Waals surface area contributed by atoms with E-state index in [0.29, 0.717) is 11.3 Å². The second kappa shape index (κ2) is 5.35. The maximum Gasteiger partial charge on any atom is 0.235 e. The van der Waals surface area contributed by atoms with Crippen molar-refractivity contribution in [3.8, 4) is 11.5 Å². The van der Waals surface area contributed by atoms with E-state index >= 15 is 0 Å². The Morgan fingerprint density at radius 3 is 2.63 bits per heavy atom.